The van der Waals surface area contributed by atoms with Crippen molar-refractivity contribution in [3.05, 3.63) is 29.8 Å². The minimum absolute atomic E-state index is 0.0371. The van der Waals surface area contributed by atoms with Gasteiger partial charge in [0.1, 0.15) is 36.0 Å². The molecule has 0 saturated carbocycles. The number of carbonyl (C=O) groups excluding carboxylic acids is 7. The molecule has 1 aromatic rings. The highest BCUT2D eigenvalue weighted by molar-refractivity contribution is 5.97. The lowest BCUT2D eigenvalue weighted by atomic mass is 10.0. The average Bonchev–Trinajstić information content (AvgIpc) is 3.58. The molecule has 0 bridgehead atoms. The fourth-order valence-electron chi connectivity index (χ4n) is 6.01. The molecule has 1 saturated heterocycles. The average molecular weight is 777 g/mol. The van der Waals surface area contributed by atoms with Gasteiger partial charge in [-0.3, -0.25) is 33.6 Å². The lowest BCUT2D eigenvalue weighted by Crippen LogP contribution is -2.60. The second-order valence-electron chi connectivity index (χ2n) is 14.6. The van der Waals surface area contributed by atoms with Crippen LogP contribution in [0, 0.1) is 11.8 Å². The molecule has 0 spiro atoms. The van der Waals surface area contributed by atoms with Gasteiger partial charge in [0.2, 0.25) is 41.4 Å². The summed E-state index contributed by atoms with van der Waals surface area (Å²) in [6.45, 7) is 7.93. The van der Waals surface area contributed by atoms with E-state index in [1.54, 1.807) is 39.8 Å². The molecule has 12 N–H and O–H groups in total. The summed E-state index contributed by atoms with van der Waals surface area (Å²) in [5.41, 5.74) is 11.2. The van der Waals surface area contributed by atoms with E-state index in [0.29, 0.717) is 12.0 Å². The third-order valence-corrected chi connectivity index (χ3v) is 8.75. The van der Waals surface area contributed by atoms with Crippen molar-refractivity contribution in [1.29, 1.82) is 0 Å². The summed E-state index contributed by atoms with van der Waals surface area (Å²) in [6.07, 6.45) is -1.17. The van der Waals surface area contributed by atoms with Gasteiger partial charge in [-0.15, -0.1) is 0 Å². The van der Waals surface area contributed by atoms with Crippen LogP contribution in [0.5, 0.6) is 5.75 Å². The molecule has 0 unspecified atom stereocenters. The fraction of sp³-hybridized carbons (Fsp3) is 0.611. The third kappa shape index (κ3) is 15.2. The summed E-state index contributed by atoms with van der Waals surface area (Å²) in [4.78, 5) is 104. The van der Waals surface area contributed by atoms with E-state index in [-0.39, 0.29) is 49.8 Å². The number of aliphatic hydroxyl groups is 1. The molecule has 55 heavy (non-hydrogen) atoms. The Morgan fingerprint density at radius 3 is 1.95 bits per heavy atom. The van der Waals surface area contributed by atoms with E-state index in [1.165, 1.54) is 24.0 Å². The van der Waals surface area contributed by atoms with E-state index in [2.05, 4.69) is 26.6 Å². The van der Waals surface area contributed by atoms with Crippen molar-refractivity contribution >= 4 is 47.3 Å². The van der Waals surface area contributed by atoms with E-state index in [1.807, 2.05) is 0 Å². The summed E-state index contributed by atoms with van der Waals surface area (Å²) in [7, 11) is 0. The van der Waals surface area contributed by atoms with Crippen LogP contribution in [0.15, 0.2) is 24.3 Å². The number of aromatic hydroxyl groups is 1. The molecule has 1 aliphatic rings. The fourth-order valence-corrected chi connectivity index (χ4v) is 6.01. The molecule has 1 aliphatic heterocycles. The van der Waals surface area contributed by atoms with E-state index in [0.717, 1.165) is 0 Å². The van der Waals surface area contributed by atoms with Crippen molar-refractivity contribution in [3.63, 3.8) is 0 Å². The van der Waals surface area contributed by atoms with Gasteiger partial charge < -0.3 is 58.3 Å². The first-order valence-corrected chi connectivity index (χ1v) is 18.2. The first-order chi connectivity index (χ1) is 25.7. The summed E-state index contributed by atoms with van der Waals surface area (Å²) < 4.78 is 0. The number of benzene rings is 1. The van der Waals surface area contributed by atoms with Crippen molar-refractivity contribution < 1.29 is 53.7 Å². The molecule has 7 amide bonds. The van der Waals surface area contributed by atoms with E-state index in [4.69, 9.17) is 11.5 Å². The molecule has 2 rings (SSSR count). The minimum atomic E-state index is -1.55. The second kappa shape index (κ2) is 21.6. The number of nitrogens with two attached hydrogens (primary N) is 2. The zero-order valence-electron chi connectivity index (χ0n) is 31.9. The number of carboxylic acid groups (broad SMARTS) is 1. The van der Waals surface area contributed by atoms with Gasteiger partial charge in [-0.1, -0.05) is 39.8 Å². The Morgan fingerprint density at radius 2 is 1.40 bits per heavy atom. The summed E-state index contributed by atoms with van der Waals surface area (Å²) >= 11 is 0. The molecule has 7 atom stereocenters. The van der Waals surface area contributed by atoms with Crippen molar-refractivity contribution in [1.82, 2.24) is 31.5 Å². The van der Waals surface area contributed by atoms with E-state index < -0.39 is 103 Å². The molecule has 1 aromatic carbocycles. The topological polar surface area (TPSA) is 313 Å². The number of carbonyl (C=O) groups is 8. The van der Waals surface area contributed by atoms with E-state index >= 15 is 0 Å². The lowest BCUT2D eigenvalue weighted by Gasteiger charge is -2.31. The predicted molar refractivity (Wildman–Crippen MR) is 197 cm³/mol. The first-order valence-electron chi connectivity index (χ1n) is 18.2. The van der Waals surface area contributed by atoms with Gasteiger partial charge in [0.05, 0.1) is 25.1 Å². The number of primary amides is 1. The number of aliphatic hydroxyl groups excluding tert-OH is 1. The van der Waals surface area contributed by atoms with E-state index in [9.17, 15) is 53.7 Å². The Morgan fingerprint density at radius 1 is 0.818 bits per heavy atom. The van der Waals surface area contributed by atoms with Crippen LogP contribution >= 0.6 is 0 Å². The van der Waals surface area contributed by atoms with Crippen LogP contribution in [0.1, 0.15) is 72.3 Å². The SMILES string of the molecule is CC(C)C[C@H](NC(=O)[C@@H](NC(=O)[C@@H]1CCCN1C(=O)[C@H](Cc1ccc(O)cc1)NC(=O)[C@H](CC(C)C)NC(=O)CNC(=O)[C@@H](N)CC(N)=O)[C@@H](C)O)C(=O)O. The Hall–Kier alpha value is -5.30. The smallest absolute Gasteiger partial charge is 0.326 e. The monoisotopic (exact) mass is 776 g/mol. The van der Waals surface area contributed by atoms with Crippen molar-refractivity contribution in [2.24, 2.45) is 23.3 Å². The molecular formula is C36H56N8O11. The highest BCUT2D eigenvalue weighted by atomic mass is 16.4. The Kier molecular flexibility index (Phi) is 18.0. The molecule has 1 fully saturated rings. The van der Waals surface area contributed by atoms with Crippen LogP contribution in [0.25, 0.3) is 0 Å². The highest BCUT2D eigenvalue weighted by Gasteiger charge is 2.40. The van der Waals surface area contributed by atoms with Crippen molar-refractivity contribution in [2.45, 2.75) is 115 Å². The largest absolute Gasteiger partial charge is 0.508 e. The van der Waals surface area contributed by atoms with Crippen LogP contribution in [-0.2, 0) is 44.8 Å². The molecule has 0 aromatic heterocycles. The van der Waals surface area contributed by atoms with Crippen LogP contribution in [0.4, 0.5) is 0 Å². The van der Waals surface area contributed by atoms with Crippen LogP contribution < -0.4 is 38.1 Å². The molecule has 19 nitrogen and oxygen atoms in total. The van der Waals surface area contributed by atoms with Gasteiger partial charge in [0, 0.05) is 13.0 Å². The van der Waals surface area contributed by atoms with Crippen LogP contribution in [0.3, 0.4) is 0 Å². The number of aliphatic carboxylic acids is 1. The van der Waals surface area contributed by atoms with Gasteiger partial charge in [0.15, 0.2) is 0 Å². The molecule has 306 valence electrons. The zero-order chi connectivity index (χ0) is 41.6. The number of phenolic OH excluding ortho intramolecular Hbond substituents is 1. The summed E-state index contributed by atoms with van der Waals surface area (Å²) in [5, 5.41) is 42.1. The van der Waals surface area contributed by atoms with Crippen molar-refractivity contribution in [3.8, 4) is 5.75 Å². The number of hydrogen-bond donors (Lipinski definition) is 10. The van der Waals surface area contributed by atoms with Gasteiger partial charge in [0.25, 0.3) is 0 Å². The first kappa shape index (κ1) is 45.9. The molecule has 19 heteroatoms. The number of hydrogen-bond acceptors (Lipinski definition) is 11. The molecule has 0 radical (unpaired) electrons. The predicted octanol–water partition coefficient (Wildman–Crippen LogP) is -2.26. The summed E-state index contributed by atoms with van der Waals surface area (Å²) in [6, 6.07) is -1.79. The quantitative estimate of drug-likeness (QED) is 0.0633. The molecule has 0 aliphatic carbocycles. The van der Waals surface area contributed by atoms with Crippen LogP contribution in [-0.4, -0.2) is 123 Å². The number of amides is 7. The van der Waals surface area contributed by atoms with Gasteiger partial charge >= 0.3 is 5.97 Å². The Balaban J connectivity index is 2.30. The third-order valence-electron chi connectivity index (χ3n) is 8.75. The second-order valence-corrected chi connectivity index (χ2v) is 14.6. The lowest BCUT2D eigenvalue weighted by molar-refractivity contribution is -0.144. The van der Waals surface area contributed by atoms with Gasteiger partial charge in [-0.2, -0.15) is 0 Å². The molecular weight excluding hydrogens is 720 g/mol. The normalized spacial score (nSPS) is 17.3. The number of rotatable bonds is 21. The van der Waals surface area contributed by atoms with Crippen LogP contribution in [0.2, 0.25) is 0 Å². The maximum atomic E-state index is 14.2. The number of phenols is 1. The van der Waals surface area contributed by atoms with Gasteiger partial charge in [-0.05, 0) is 62.1 Å². The zero-order valence-corrected chi connectivity index (χ0v) is 31.9. The summed E-state index contributed by atoms with van der Waals surface area (Å²) in [5.74, 6) is -7.00. The highest BCUT2D eigenvalue weighted by Crippen LogP contribution is 2.21. The number of carboxylic acids is 1. The Bertz CT molecular complexity index is 1540. The maximum absolute atomic E-state index is 14.2. The number of nitrogens with zero attached hydrogens (tertiary/aromatic N) is 1. The van der Waals surface area contributed by atoms with Gasteiger partial charge in [-0.25, -0.2) is 4.79 Å². The Labute approximate surface area is 319 Å². The standard InChI is InChI=1S/C36H56N8O11/c1-18(2)13-24(40-29(48)17-39-31(49)23(37)16-28(38)47)32(50)41-25(15-21-8-10-22(46)11-9-21)35(53)44-12-6-7-27(44)33(51)43-30(20(5)45)34(52)42-26(36(54)55)14-19(3)4/h8-11,18-20,23-27,30,45-46H,6-7,12-17,37H2,1-5H3,(H2,38,47)(H,39,49)(H,40,48)(H,41,50)(H,42,52)(H,43,51)(H,54,55)/t20-,23+,24+,25+,26+,27+,30+/m1/s1. The molecule has 1 heterocycles. The number of likely N-dealkylation sites (tertiary alicyclic amines) is 1. The number of nitrogens with one attached hydrogen (secondary N) is 5. The maximum Gasteiger partial charge on any atom is 0.326 e. The van der Waals surface area contributed by atoms with Crippen molar-refractivity contribution in [2.75, 3.05) is 13.1 Å². The minimum Gasteiger partial charge on any atom is -0.508 e.